The molecule has 1 aliphatic rings. The highest BCUT2D eigenvalue weighted by Crippen LogP contribution is 2.20. The zero-order valence-electron chi connectivity index (χ0n) is 6.48. The molecule has 2 heteroatoms. The highest BCUT2D eigenvalue weighted by atomic mass is 16.2. The van der Waals surface area contributed by atoms with E-state index in [1.54, 1.807) is 0 Å². The summed E-state index contributed by atoms with van der Waals surface area (Å²) < 4.78 is 0. The molecule has 10 heavy (non-hydrogen) atoms. The van der Waals surface area contributed by atoms with Crippen LogP contribution in [0.3, 0.4) is 0 Å². The molecule has 0 aromatic rings. The maximum atomic E-state index is 10.8. The molecule has 1 atom stereocenters. The SMILES string of the molecule is C/C=C/C1(C)CCC(=O)N1. The van der Waals surface area contributed by atoms with Crippen LogP contribution in [-0.4, -0.2) is 11.4 Å². The molecule has 0 bridgehead atoms. The molecule has 1 saturated heterocycles. The van der Waals surface area contributed by atoms with E-state index in [0.717, 1.165) is 6.42 Å². The number of hydrogen-bond acceptors (Lipinski definition) is 1. The molecule has 56 valence electrons. The molecule has 0 spiro atoms. The molecule has 0 aliphatic carbocycles. The lowest BCUT2D eigenvalue weighted by molar-refractivity contribution is -0.119. The fraction of sp³-hybridized carbons (Fsp3) is 0.625. The molecule has 0 aromatic carbocycles. The van der Waals surface area contributed by atoms with E-state index >= 15 is 0 Å². The Labute approximate surface area is 61.3 Å². The smallest absolute Gasteiger partial charge is 0.220 e. The van der Waals surface area contributed by atoms with Crippen LogP contribution in [0.1, 0.15) is 26.7 Å². The van der Waals surface area contributed by atoms with Crippen molar-refractivity contribution in [3.05, 3.63) is 12.2 Å². The first-order chi connectivity index (χ1) is 4.66. The van der Waals surface area contributed by atoms with Gasteiger partial charge in [0.1, 0.15) is 0 Å². The largest absolute Gasteiger partial charge is 0.347 e. The number of rotatable bonds is 1. The van der Waals surface area contributed by atoms with Crippen molar-refractivity contribution in [2.45, 2.75) is 32.2 Å². The lowest BCUT2D eigenvalue weighted by Gasteiger charge is -2.18. The minimum absolute atomic E-state index is 0.0637. The molecule has 1 amide bonds. The summed E-state index contributed by atoms with van der Waals surface area (Å²) in [5.74, 6) is 0.167. The highest BCUT2D eigenvalue weighted by Gasteiger charge is 2.29. The summed E-state index contributed by atoms with van der Waals surface area (Å²) in [6.45, 7) is 4.01. The molecule has 1 aliphatic heterocycles. The normalized spacial score (nSPS) is 33.2. The minimum atomic E-state index is -0.0637. The fourth-order valence-electron chi connectivity index (χ4n) is 1.31. The van der Waals surface area contributed by atoms with Gasteiger partial charge in [-0.2, -0.15) is 0 Å². The average molecular weight is 139 g/mol. The second kappa shape index (κ2) is 2.45. The molecule has 0 aromatic heterocycles. The van der Waals surface area contributed by atoms with Crippen LogP contribution in [0, 0.1) is 0 Å². The summed E-state index contributed by atoms with van der Waals surface area (Å²) in [6, 6.07) is 0. The van der Waals surface area contributed by atoms with E-state index in [4.69, 9.17) is 0 Å². The molecule has 0 saturated carbocycles. The van der Waals surface area contributed by atoms with E-state index in [9.17, 15) is 4.79 Å². The molecule has 1 unspecified atom stereocenters. The topological polar surface area (TPSA) is 29.1 Å². The zero-order chi connectivity index (χ0) is 7.61. The summed E-state index contributed by atoms with van der Waals surface area (Å²) in [5, 5.41) is 2.91. The van der Waals surface area contributed by atoms with Crippen LogP contribution in [0.15, 0.2) is 12.2 Å². The van der Waals surface area contributed by atoms with E-state index in [-0.39, 0.29) is 11.4 Å². The van der Waals surface area contributed by atoms with E-state index < -0.39 is 0 Å². The Morgan fingerprint density at radius 3 is 2.80 bits per heavy atom. The average Bonchev–Trinajstić information content (AvgIpc) is 2.12. The molecule has 1 heterocycles. The zero-order valence-corrected chi connectivity index (χ0v) is 6.48. The molecule has 2 nitrogen and oxygen atoms in total. The first-order valence-corrected chi connectivity index (χ1v) is 3.61. The Hall–Kier alpha value is -0.790. The second-order valence-electron chi connectivity index (χ2n) is 2.97. The minimum Gasteiger partial charge on any atom is -0.347 e. The highest BCUT2D eigenvalue weighted by molar-refractivity contribution is 5.79. The Kier molecular flexibility index (Phi) is 1.79. The number of carbonyl (C=O) groups is 1. The van der Waals surface area contributed by atoms with Gasteiger partial charge in [0, 0.05) is 6.42 Å². The van der Waals surface area contributed by atoms with Gasteiger partial charge in [0.05, 0.1) is 5.54 Å². The Morgan fingerprint density at radius 2 is 2.40 bits per heavy atom. The van der Waals surface area contributed by atoms with Crippen molar-refractivity contribution in [1.82, 2.24) is 5.32 Å². The maximum absolute atomic E-state index is 10.8. The number of nitrogens with one attached hydrogen (secondary N) is 1. The van der Waals surface area contributed by atoms with E-state index in [1.165, 1.54) is 0 Å². The van der Waals surface area contributed by atoms with Gasteiger partial charge in [-0.25, -0.2) is 0 Å². The third-order valence-corrected chi connectivity index (χ3v) is 1.83. The van der Waals surface area contributed by atoms with Crippen LogP contribution in [0.5, 0.6) is 0 Å². The van der Waals surface area contributed by atoms with Crippen molar-refractivity contribution in [2.75, 3.05) is 0 Å². The van der Waals surface area contributed by atoms with Gasteiger partial charge >= 0.3 is 0 Å². The molecule has 0 radical (unpaired) electrons. The van der Waals surface area contributed by atoms with Crippen LogP contribution in [0.2, 0.25) is 0 Å². The van der Waals surface area contributed by atoms with Crippen molar-refractivity contribution in [2.24, 2.45) is 0 Å². The number of carbonyl (C=O) groups excluding carboxylic acids is 1. The van der Waals surface area contributed by atoms with Crippen molar-refractivity contribution in [3.63, 3.8) is 0 Å². The predicted octanol–water partition coefficient (Wildman–Crippen LogP) is 1.23. The van der Waals surface area contributed by atoms with Gasteiger partial charge in [0.2, 0.25) is 5.91 Å². The summed E-state index contributed by atoms with van der Waals surface area (Å²) >= 11 is 0. The lowest BCUT2D eigenvalue weighted by atomic mass is 10.0. The van der Waals surface area contributed by atoms with Crippen LogP contribution < -0.4 is 5.32 Å². The number of allylic oxidation sites excluding steroid dienone is 1. The van der Waals surface area contributed by atoms with Crippen LogP contribution in [0.25, 0.3) is 0 Å². The van der Waals surface area contributed by atoms with Gasteiger partial charge in [0.25, 0.3) is 0 Å². The monoisotopic (exact) mass is 139 g/mol. The Morgan fingerprint density at radius 1 is 1.70 bits per heavy atom. The molecule has 1 N–H and O–H groups in total. The lowest BCUT2D eigenvalue weighted by Crippen LogP contribution is -2.35. The molecular weight excluding hydrogens is 126 g/mol. The fourth-order valence-corrected chi connectivity index (χ4v) is 1.31. The van der Waals surface area contributed by atoms with E-state index in [0.29, 0.717) is 6.42 Å². The second-order valence-corrected chi connectivity index (χ2v) is 2.97. The van der Waals surface area contributed by atoms with Crippen molar-refractivity contribution < 1.29 is 4.79 Å². The first kappa shape index (κ1) is 7.32. The molecule has 1 fully saturated rings. The van der Waals surface area contributed by atoms with Gasteiger partial charge in [0.15, 0.2) is 0 Å². The van der Waals surface area contributed by atoms with Gasteiger partial charge < -0.3 is 5.32 Å². The molecular formula is C8H13NO. The summed E-state index contributed by atoms with van der Waals surface area (Å²) in [6.07, 6.45) is 5.61. The van der Waals surface area contributed by atoms with Crippen molar-refractivity contribution in [1.29, 1.82) is 0 Å². The van der Waals surface area contributed by atoms with Gasteiger partial charge in [-0.1, -0.05) is 12.2 Å². The van der Waals surface area contributed by atoms with Crippen LogP contribution >= 0.6 is 0 Å². The van der Waals surface area contributed by atoms with E-state index in [1.807, 2.05) is 26.0 Å². The van der Waals surface area contributed by atoms with Crippen LogP contribution in [-0.2, 0) is 4.79 Å². The Bertz CT molecular complexity index is 174. The van der Waals surface area contributed by atoms with E-state index in [2.05, 4.69) is 5.32 Å². The first-order valence-electron chi connectivity index (χ1n) is 3.61. The predicted molar refractivity (Wildman–Crippen MR) is 40.6 cm³/mol. The molecule has 1 rings (SSSR count). The number of amides is 1. The Balaban J connectivity index is 2.63. The third-order valence-electron chi connectivity index (χ3n) is 1.83. The quantitative estimate of drug-likeness (QED) is 0.544. The maximum Gasteiger partial charge on any atom is 0.220 e. The third kappa shape index (κ3) is 1.38. The van der Waals surface area contributed by atoms with Crippen LogP contribution in [0.4, 0.5) is 0 Å². The summed E-state index contributed by atoms with van der Waals surface area (Å²) in [5.41, 5.74) is -0.0637. The van der Waals surface area contributed by atoms with Gasteiger partial charge in [-0.05, 0) is 20.3 Å². The standard InChI is InChI=1S/C8H13NO/c1-3-5-8(2)6-4-7(10)9-8/h3,5H,4,6H2,1-2H3,(H,9,10)/b5-3+. The van der Waals surface area contributed by atoms with Gasteiger partial charge in [-0.3, -0.25) is 4.79 Å². The van der Waals surface area contributed by atoms with Gasteiger partial charge in [-0.15, -0.1) is 0 Å². The summed E-state index contributed by atoms with van der Waals surface area (Å²) in [7, 11) is 0. The van der Waals surface area contributed by atoms with Crippen molar-refractivity contribution >= 4 is 5.91 Å². The summed E-state index contributed by atoms with van der Waals surface area (Å²) in [4.78, 5) is 10.8. The number of hydrogen-bond donors (Lipinski definition) is 1. The van der Waals surface area contributed by atoms with Crippen molar-refractivity contribution in [3.8, 4) is 0 Å².